The van der Waals surface area contributed by atoms with Crippen LogP contribution in [-0.2, 0) is 0 Å². The molecule has 0 rings (SSSR count). The summed E-state index contributed by atoms with van der Waals surface area (Å²) in [7, 11) is 0. The van der Waals surface area contributed by atoms with E-state index < -0.39 is 0 Å². The molecule has 0 fully saturated rings. The van der Waals surface area contributed by atoms with Gasteiger partial charge in [-0.15, -0.1) is 11.8 Å². The van der Waals surface area contributed by atoms with Crippen LogP contribution in [0.3, 0.4) is 0 Å². The molecule has 4 heteroatoms. The molecule has 0 heterocycles. The van der Waals surface area contributed by atoms with Crippen molar-refractivity contribution in [1.29, 1.82) is 0 Å². The third kappa shape index (κ3) is 7.40. The van der Waals surface area contributed by atoms with Crippen molar-refractivity contribution in [2.75, 3.05) is 17.8 Å². The Morgan fingerprint density at radius 3 is 2.38 bits per heavy atom. The molecule has 0 amide bonds. The molecule has 0 saturated carbocycles. The van der Waals surface area contributed by atoms with Crippen molar-refractivity contribution in [1.82, 2.24) is 0 Å². The molecule has 0 spiro atoms. The zero-order valence-corrected chi connectivity index (χ0v) is 8.12. The molecular formula is C4H10S4. The summed E-state index contributed by atoms with van der Waals surface area (Å²) in [6, 6.07) is 0. The van der Waals surface area contributed by atoms with Crippen LogP contribution in [-0.4, -0.2) is 21.7 Å². The van der Waals surface area contributed by atoms with E-state index in [9.17, 15) is 0 Å². The van der Waals surface area contributed by atoms with Crippen molar-refractivity contribution in [3.63, 3.8) is 0 Å². The van der Waals surface area contributed by atoms with Crippen molar-refractivity contribution in [3.8, 4) is 0 Å². The molecule has 0 saturated heterocycles. The van der Waals surface area contributed by atoms with Gasteiger partial charge in [0.1, 0.15) is 0 Å². The summed E-state index contributed by atoms with van der Waals surface area (Å²) in [6.07, 6.45) is 2.10. The van der Waals surface area contributed by atoms with Gasteiger partial charge in [-0.05, 0) is 6.26 Å². The van der Waals surface area contributed by atoms with Gasteiger partial charge in [0.2, 0.25) is 0 Å². The van der Waals surface area contributed by atoms with E-state index in [2.05, 4.69) is 31.5 Å². The zero-order valence-electron chi connectivity index (χ0n) is 4.70. The highest BCUT2D eigenvalue weighted by atomic mass is 32.2. The Morgan fingerprint density at radius 2 is 2.00 bits per heavy atom. The van der Waals surface area contributed by atoms with Crippen molar-refractivity contribution in [2.24, 2.45) is 0 Å². The van der Waals surface area contributed by atoms with Crippen LogP contribution in [0.15, 0.2) is 0 Å². The first-order valence-corrected chi connectivity index (χ1v) is 5.71. The maximum absolute atomic E-state index is 4.09. The molecule has 0 bridgehead atoms. The first-order valence-electron chi connectivity index (χ1n) is 2.24. The van der Waals surface area contributed by atoms with Crippen molar-refractivity contribution < 1.29 is 0 Å². The predicted molar refractivity (Wildman–Crippen MR) is 52.6 cm³/mol. The highest BCUT2D eigenvalue weighted by Crippen LogP contribution is 2.18. The van der Waals surface area contributed by atoms with Crippen LogP contribution in [0.2, 0.25) is 0 Å². The summed E-state index contributed by atoms with van der Waals surface area (Å²) in [5.74, 6) is 2.35. The molecule has 0 nitrogen and oxygen atoms in total. The van der Waals surface area contributed by atoms with Crippen LogP contribution in [0.4, 0.5) is 0 Å². The highest BCUT2D eigenvalue weighted by Gasteiger charge is 1.92. The molecule has 50 valence electrons. The fourth-order valence-corrected chi connectivity index (χ4v) is 2.13. The SMILES string of the molecule is CSCCSC(S)S. The molecule has 0 atom stereocenters. The summed E-state index contributed by atoms with van der Waals surface area (Å²) >= 11 is 11.8. The first-order chi connectivity index (χ1) is 3.77. The molecule has 0 aliphatic heterocycles. The van der Waals surface area contributed by atoms with E-state index >= 15 is 0 Å². The van der Waals surface area contributed by atoms with Crippen LogP contribution in [0.5, 0.6) is 0 Å². The second-order valence-electron chi connectivity index (χ2n) is 1.19. The quantitative estimate of drug-likeness (QED) is 0.392. The molecule has 0 N–H and O–H groups in total. The predicted octanol–water partition coefficient (Wildman–Crippen LogP) is 2.23. The van der Waals surface area contributed by atoms with Crippen molar-refractivity contribution in [2.45, 2.75) is 3.91 Å². The van der Waals surface area contributed by atoms with Crippen LogP contribution in [0, 0.1) is 0 Å². The van der Waals surface area contributed by atoms with E-state index in [-0.39, 0.29) is 3.91 Å². The average molecular weight is 186 g/mol. The number of hydrogen-bond donors (Lipinski definition) is 2. The van der Waals surface area contributed by atoms with E-state index in [0.717, 1.165) is 5.75 Å². The van der Waals surface area contributed by atoms with Gasteiger partial charge in [0.15, 0.2) is 0 Å². The van der Waals surface area contributed by atoms with E-state index in [1.807, 2.05) is 11.8 Å². The summed E-state index contributed by atoms with van der Waals surface area (Å²) in [6.45, 7) is 0. The summed E-state index contributed by atoms with van der Waals surface area (Å²) in [5.41, 5.74) is 0. The molecule has 0 aliphatic carbocycles. The monoisotopic (exact) mass is 186 g/mol. The van der Waals surface area contributed by atoms with Crippen LogP contribution in [0.25, 0.3) is 0 Å². The lowest BCUT2D eigenvalue weighted by atomic mass is 11.0. The molecule has 0 aromatic heterocycles. The first kappa shape index (κ1) is 9.40. The second kappa shape index (κ2) is 6.52. The number of rotatable bonds is 4. The molecule has 0 aromatic rings. The van der Waals surface area contributed by atoms with Gasteiger partial charge in [-0.25, -0.2) is 0 Å². The minimum absolute atomic E-state index is 0.196. The van der Waals surface area contributed by atoms with Gasteiger partial charge in [0.25, 0.3) is 0 Å². The summed E-state index contributed by atoms with van der Waals surface area (Å²) < 4.78 is 0.196. The number of thiol groups is 2. The lowest BCUT2D eigenvalue weighted by Crippen LogP contribution is -1.85. The standard InChI is InChI=1S/C4H10S4/c1-7-2-3-8-4(5)6/h4-6H,2-3H2,1H3. The van der Waals surface area contributed by atoms with Gasteiger partial charge < -0.3 is 0 Å². The Labute approximate surface area is 70.4 Å². The summed E-state index contributed by atoms with van der Waals surface area (Å²) in [4.78, 5) is 0. The molecule has 8 heavy (non-hydrogen) atoms. The fourth-order valence-electron chi connectivity index (χ4n) is 0.237. The van der Waals surface area contributed by atoms with E-state index in [4.69, 9.17) is 0 Å². The Hall–Kier alpha value is 1.40. The minimum atomic E-state index is 0.196. The molecule has 0 aliphatic rings. The largest absolute Gasteiger partial charge is 0.165 e. The van der Waals surface area contributed by atoms with Gasteiger partial charge in [-0.3, -0.25) is 0 Å². The Balaban J connectivity index is 2.72. The van der Waals surface area contributed by atoms with Crippen LogP contribution in [0.1, 0.15) is 0 Å². The average Bonchev–Trinajstić information content (AvgIpc) is 1.66. The zero-order chi connectivity index (χ0) is 6.41. The smallest absolute Gasteiger partial charge is 0.0899 e. The number of hydrogen-bond acceptors (Lipinski definition) is 4. The molecule has 0 unspecified atom stereocenters. The molecule has 0 aromatic carbocycles. The highest BCUT2D eigenvalue weighted by molar-refractivity contribution is 8.22. The van der Waals surface area contributed by atoms with Crippen molar-refractivity contribution in [3.05, 3.63) is 0 Å². The lowest BCUT2D eigenvalue weighted by Gasteiger charge is -1.99. The Morgan fingerprint density at radius 1 is 1.38 bits per heavy atom. The van der Waals surface area contributed by atoms with E-state index in [1.165, 1.54) is 5.75 Å². The maximum Gasteiger partial charge on any atom is 0.0899 e. The third-order valence-corrected chi connectivity index (χ3v) is 3.06. The molecule has 0 radical (unpaired) electrons. The van der Waals surface area contributed by atoms with Crippen LogP contribution >= 0.6 is 48.8 Å². The summed E-state index contributed by atoms with van der Waals surface area (Å²) in [5, 5.41) is 0. The fraction of sp³-hybridized carbons (Fsp3) is 1.00. The topological polar surface area (TPSA) is 0 Å². The maximum atomic E-state index is 4.09. The van der Waals surface area contributed by atoms with Gasteiger partial charge in [0, 0.05) is 11.5 Å². The third-order valence-electron chi connectivity index (χ3n) is 0.554. The second-order valence-corrected chi connectivity index (χ2v) is 5.53. The van der Waals surface area contributed by atoms with Gasteiger partial charge in [-0.1, -0.05) is 0 Å². The normalized spacial score (nSPS) is 10.5. The van der Waals surface area contributed by atoms with Crippen LogP contribution < -0.4 is 0 Å². The lowest BCUT2D eigenvalue weighted by molar-refractivity contribution is 1.55. The Bertz CT molecular complexity index is 45.3. The van der Waals surface area contributed by atoms with E-state index in [1.54, 1.807) is 11.8 Å². The Kier molecular flexibility index (Phi) is 7.66. The van der Waals surface area contributed by atoms with Crippen molar-refractivity contribution >= 4 is 48.8 Å². The van der Waals surface area contributed by atoms with E-state index in [0.29, 0.717) is 0 Å². The number of thioether (sulfide) groups is 2. The van der Waals surface area contributed by atoms with Gasteiger partial charge in [0.05, 0.1) is 3.91 Å². The van der Waals surface area contributed by atoms with Gasteiger partial charge >= 0.3 is 0 Å². The van der Waals surface area contributed by atoms with Gasteiger partial charge in [-0.2, -0.15) is 37.0 Å². The minimum Gasteiger partial charge on any atom is -0.165 e. The molecular weight excluding hydrogens is 176 g/mol.